The smallest absolute Gasteiger partial charge is 0.225 e. The summed E-state index contributed by atoms with van der Waals surface area (Å²) >= 11 is 0. The first-order chi connectivity index (χ1) is 7.79. The second-order valence-corrected chi connectivity index (χ2v) is 5.80. The number of piperidine rings is 1. The zero-order chi connectivity index (χ0) is 11.0. The lowest BCUT2D eigenvalue weighted by atomic mass is 9.76. The summed E-state index contributed by atoms with van der Waals surface area (Å²) in [5.41, 5.74) is 0.451. The van der Waals surface area contributed by atoms with Crippen LogP contribution in [0.2, 0.25) is 0 Å². The lowest BCUT2D eigenvalue weighted by molar-refractivity contribution is -0.155. The van der Waals surface area contributed by atoms with Crippen molar-refractivity contribution in [1.29, 1.82) is 0 Å². The summed E-state index contributed by atoms with van der Waals surface area (Å²) in [7, 11) is 0. The third-order valence-electron chi connectivity index (χ3n) is 4.66. The minimum Gasteiger partial charge on any atom is -0.380 e. The molecule has 2 aliphatic heterocycles. The molecule has 0 aromatic rings. The fourth-order valence-electron chi connectivity index (χ4n) is 3.31. The number of likely N-dealkylation sites (tertiary alicyclic amines) is 1. The summed E-state index contributed by atoms with van der Waals surface area (Å²) in [6, 6.07) is 0. The van der Waals surface area contributed by atoms with Gasteiger partial charge >= 0.3 is 0 Å². The van der Waals surface area contributed by atoms with E-state index >= 15 is 0 Å². The van der Waals surface area contributed by atoms with Crippen molar-refractivity contribution >= 4 is 5.91 Å². The van der Waals surface area contributed by atoms with Gasteiger partial charge < -0.3 is 9.64 Å². The zero-order valence-electron chi connectivity index (χ0n) is 9.91. The Balaban J connectivity index is 1.54. The van der Waals surface area contributed by atoms with Crippen LogP contribution in [0.25, 0.3) is 0 Å². The van der Waals surface area contributed by atoms with Crippen molar-refractivity contribution < 1.29 is 9.53 Å². The normalized spacial score (nSPS) is 29.4. The van der Waals surface area contributed by atoms with Crippen LogP contribution < -0.4 is 0 Å². The van der Waals surface area contributed by atoms with E-state index < -0.39 is 0 Å². The van der Waals surface area contributed by atoms with Gasteiger partial charge in [0.25, 0.3) is 0 Å². The van der Waals surface area contributed by atoms with E-state index in [0.717, 1.165) is 52.0 Å². The summed E-state index contributed by atoms with van der Waals surface area (Å²) in [6.07, 6.45) is 7.08. The molecule has 3 nitrogen and oxygen atoms in total. The van der Waals surface area contributed by atoms with Crippen LogP contribution in [-0.4, -0.2) is 37.1 Å². The van der Waals surface area contributed by atoms with Gasteiger partial charge in [0.1, 0.15) is 0 Å². The second kappa shape index (κ2) is 4.02. The molecule has 2 heterocycles. The van der Waals surface area contributed by atoms with Gasteiger partial charge in [-0.05, 0) is 25.7 Å². The molecule has 0 N–H and O–H groups in total. The average Bonchev–Trinajstić information content (AvgIpc) is 2.80. The van der Waals surface area contributed by atoms with Gasteiger partial charge in [-0.2, -0.15) is 0 Å². The molecule has 0 radical (unpaired) electrons. The van der Waals surface area contributed by atoms with E-state index in [1.807, 2.05) is 0 Å². The van der Waals surface area contributed by atoms with E-state index in [9.17, 15) is 4.79 Å². The molecular formula is C13H21NO2. The first-order valence-corrected chi connectivity index (χ1v) is 6.66. The minimum atomic E-state index is 0.353. The third-order valence-corrected chi connectivity index (χ3v) is 4.66. The van der Waals surface area contributed by atoms with E-state index in [0.29, 0.717) is 17.2 Å². The molecule has 3 fully saturated rings. The lowest BCUT2D eigenvalue weighted by Crippen LogP contribution is -2.52. The fraction of sp³-hybridized carbons (Fsp3) is 0.923. The molecule has 90 valence electrons. The van der Waals surface area contributed by atoms with Crippen LogP contribution >= 0.6 is 0 Å². The van der Waals surface area contributed by atoms with E-state index in [1.54, 1.807) is 0 Å². The highest BCUT2D eigenvalue weighted by Crippen LogP contribution is 2.39. The van der Waals surface area contributed by atoms with Crippen LogP contribution in [0.1, 0.15) is 38.5 Å². The Labute approximate surface area is 97.1 Å². The molecule has 0 aromatic carbocycles. The summed E-state index contributed by atoms with van der Waals surface area (Å²) in [6.45, 7) is 3.80. The number of amides is 1. The molecule has 3 rings (SSSR count). The maximum atomic E-state index is 12.2. The monoisotopic (exact) mass is 223 g/mol. The number of nitrogens with zero attached hydrogens (tertiary/aromatic N) is 1. The third kappa shape index (κ3) is 1.75. The molecule has 3 heteroatoms. The molecule has 16 heavy (non-hydrogen) atoms. The van der Waals surface area contributed by atoms with Crippen LogP contribution in [0.4, 0.5) is 0 Å². The summed E-state index contributed by atoms with van der Waals surface area (Å²) in [4.78, 5) is 14.3. The van der Waals surface area contributed by atoms with Gasteiger partial charge in [0.05, 0.1) is 13.2 Å². The number of ether oxygens (including phenoxy) is 1. The zero-order valence-corrected chi connectivity index (χ0v) is 9.91. The number of hydrogen-bond donors (Lipinski definition) is 0. The topological polar surface area (TPSA) is 29.5 Å². The number of hydrogen-bond acceptors (Lipinski definition) is 2. The van der Waals surface area contributed by atoms with Crippen molar-refractivity contribution in [2.24, 2.45) is 11.3 Å². The Morgan fingerprint density at radius 2 is 1.75 bits per heavy atom. The SMILES string of the molecule is O=C(C1CCCC1)N1CCC2(CC1)COC2. The van der Waals surface area contributed by atoms with E-state index in [4.69, 9.17) is 4.74 Å². The molecule has 3 aliphatic rings. The maximum absolute atomic E-state index is 12.2. The lowest BCUT2D eigenvalue weighted by Gasteiger charge is -2.47. The van der Waals surface area contributed by atoms with Crippen molar-refractivity contribution in [1.82, 2.24) is 4.90 Å². The molecule has 1 spiro atoms. The van der Waals surface area contributed by atoms with Crippen molar-refractivity contribution in [3.8, 4) is 0 Å². The van der Waals surface area contributed by atoms with Crippen LogP contribution in [0, 0.1) is 11.3 Å². The number of rotatable bonds is 1. The summed E-state index contributed by atoms with van der Waals surface area (Å²) < 4.78 is 5.31. The van der Waals surface area contributed by atoms with Crippen LogP contribution in [-0.2, 0) is 9.53 Å². The molecule has 1 amide bonds. The van der Waals surface area contributed by atoms with Crippen LogP contribution in [0.5, 0.6) is 0 Å². The van der Waals surface area contributed by atoms with Crippen molar-refractivity contribution in [2.45, 2.75) is 38.5 Å². The molecule has 0 bridgehead atoms. The predicted molar refractivity (Wildman–Crippen MR) is 61.0 cm³/mol. The van der Waals surface area contributed by atoms with Gasteiger partial charge in [-0.1, -0.05) is 12.8 Å². The second-order valence-electron chi connectivity index (χ2n) is 5.80. The summed E-state index contributed by atoms with van der Waals surface area (Å²) in [5.74, 6) is 0.791. The highest BCUT2D eigenvalue weighted by molar-refractivity contribution is 5.79. The van der Waals surface area contributed by atoms with Gasteiger partial charge in [0.2, 0.25) is 5.91 Å². The van der Waals surface area contributed by atoms with Crippen molar-refractivity contribution in [2.75, 3.05) is 26.3 Å². The first kappa shape index (κ1) is 10.6. The molecule has 1 saturated carbocycles. The molecular weight excluding hydrogens is 202 g/mol. The van der Waals surface area contributed by atoms with Gasteiger partial charge in [-0.3, -0.25) is 4.79 Å². The quantitative estimate of drug-likeness (QED) is 0.678. The van der Waals surface area contributed by atoms with Crippen molar-refractivity contribution in [3.05, 3.63) is 0 Å². The first-order valence-electron chi connectivity index (χ1n) is 6.66. The Morgan fingerprint density at radius 3 is 2.25 bits per heavy atom. The highest BCUT2D eigenvalue weighted by atomic mass is 16.5. The molecule has 1 aliphatic carbocycles. The predicted octanol–water partition coefficient (Wildman–Crippen LogP) is 1.82. The van der Waals surface area contributed by atoms with E-state index in [2.05, 4.69) is 4.90 Å². The fourth-order valence-corrected chi connectivity index (χ4v) is 3.31. The molecule has 0 atom stereocenters. The van der Waals surface area contributed by atoms with Gasteiger partial charge in [-0.15, -0.1) is 0 Å². The Morgan fingerprint density at radius 1 is 1.12 bits per heavy atom. The van der Waals surface area contributed by atoms with Crippen LogP contribution in [0.3, 0.4) is 0 Å². The molecule has 0 unspecified atom stereocenters. The van der Waals surface area contributed by atoms with Crippen LogP contribution in [0.15, 0.2) is 0 Å². The van der Waals surface area contributed by atoms with Gasteiger partial charge in [-0.25, -0.2) is 0 Å². The standard InChI is InChI=1S/C13H21NO2/c15-12(11-3-1-2-4-11)14-7-5-13(6-8-14)9-16-10-13/h11H,1-10H2. The highest BCUT2D eigenvalue weighted by Gasteiger charge is 2.42. The van der Waals surface area contributed by atoms with E-state index in [-0.39, 0.29) is 0 Å². The largest absolute Gasteiger partial charge is 0.380 e. The molecule has 2 saturated heterocycles. The summed E-state index contributed by atoms with van der Waals surface area (Å²) in [5, 5.41) is 0. The minimum absolute atomic E-state index is 0.353. The van der Waals surface area contributed by atoms with Gasteiger partial charge in [0, 0.05) is 24.4 Å². The Bertz CT molecular complexity index is 270. The number of carbonyl (C=O) groups excluding carboxylic acids is 1. The van der Waals surface area contributed by atoms with Gasteiger partial charge in [0.15, 0.2) is 0 Å². The Kier molecular flexibility index (Phi) is 2.66. The van der Waals surface area contributed by atoms with E-state index in [1.165, 1.54) is 12.8 Å². The maximum Gasteiger partial charge on any atom is 0.225 e. The van der Waals surface area contributed by atoms with Crippen molar-refractivity contribution in [3.63, 3.8) is 0 Å². The number of carbonyl (C=O) groups is 1. The average molecular weight is 223 g/mol. The molecule has 0 aromatic heterocycles. The Hall–Kier alpha value is -0.570.